The molecule has 0 saturated heterocycles. The van der Waals surface area contributed by atoms with E-state index in [1.165, 1.54) is 0 Å². The molecule has 1 rings (SSSR count). The molecule has 5 heteroatoms. The maximum Gasteiger partial charge on any atom is 0.217 e. The monoisotopic (exact) mass is 288 g/mol. The lowest BCUT2D eigenvalue weighted by Crippen LogP contribution is -2.17. The Hall–Kier alpha value is -0.680. The van der Waals surface area contributed by atoms with E-state index in [1.807, 2.05) is 0 Å². The number of hydrogen-bond acceptors (Lipinski definition) is 4. The number of halogens is 1. The van der Waals surface area contributed by atoms with E-state index in [0.29, 0.717) is 19.1 Å². The van der Waals surface area contributed by atoms with Crippen LogP contribution in [0.5, 0.6) is 5.88 Å². The van der Waals surface area contributed by atoms with Crippen LogP contribution in [0.4, 0.5) is 0 Å². The number of aromatic nitrogens is 2. The fourth-order valence-electron chi connectivity index (χ4n) is 1.04. The van der Waals surface area contributed by atoms with Gasteiger partial charge in [-0.15, -0.1) is 0 Å². The lowest BCUT2D eigenvalue weighted by Gasteiger charge is -2.17. The summed E-state index contributed by atoms with van der Waals surface area (Å²) in [5, 5.41) is 0. The van der Waals surface area contributed by atoms with Gasteiger partial charge in [0.2, 0.25) is 5.88 Å². The molecule has 0 aromatic carbocycles. The van der Waals surface area contributed by atoms with Gasteiger partial charge in [0.25, 0.3) is 0 Å². The highest BCUT2D eigenvalue weighted by Gasteiger charge is 2.19. The van der Waals surface area contributed by atoms with Gasteiger partial charge in [-0.3, -0.25) is 0 Å². The van der Waals surface area contributed by atoms with Crippen LogP contribution in [0.15, 0.2) is 10.7 Å². The third-order valence-corrected chi connectivity index (χ3v) is 2.29. The second-order valence-electron chi connectivity index (χ2n) is 4.44. The number of nitrogens with zero attached hydrogens (tertiary/aromatic N) is 2. The molecule has 90 valence electrons. The van der Waals surface area contributed by atoms with Crippen LogP contribution >= 0.6 is 15.9 Å². The Kier molecular flexibility index (Phi) is 4.68. The Morgan fingerprint density at radius 2 is 1.94 bits per heavy atom. The highest BCUT2D eigenvalue weighted by molar-refractivity contribution is 9.10. The van der Waals surface area contributed by atoms with Crippen LogP contribution in [-0.4, -0.2) is 30.3 Å². The molecule has 1 aromatic heterocycles. The number of ether oxygens (including phenoxy) is 2. The SMILES string of the molecule is COCCOc1cc(Br)nc(C(C)(C)C)n1. The van der Waals surface area contributed by atoms with Gasteiger partial charge in [0, 0.05) is 18.6 Å². The van der Waals surface area contributed by atoms with Gasteiger partial charge in [0.1, 0.15) is 17.0 Å². The molecule has 0 N–H and O–H groups in total. The predicted octanol–water partition coefficient (Wildman–Crippen LogP) is 2.56. The van der Waals surface area contributed by atoms with Crippen LogP contribution in [0.3, 0.4) is 0 Å². The average molecular weight is 289 g/mol. The molecule has 0 spiro atoms. The third-order valence-electron chi connectivity index (χ3n) is 1.88. The summed E-state index contributed by atoms with van der Waals surface area (Å²) in [6, 6.07) is 1.75. The standard InChI is InChI=1S/C11H17BrN2O2/c1-11(2,3)10-13-8(12)7-9(14-10)16-6-5-15-4/h7H,5-6H2,1-4H3. The minimum Gasteiger partial charge on any atom is -0.475 e. The van der Waals surface area contributed by atoms with Crippen LogP contribution in [0.25, 0.3) is 0 Å². The smallest absolute Gasteiger partial charge is 0.217 e. The van der Waals surface area contributed by atoms with Crippen LogP contribution in [0.1, 0.15) is 26.6 Å². The van der Waals surface area contributed by atoms with E-state index in [1.54, 1.807) is 13.2 Å². The van der Waals surface area contributed by atoms with Crippen molar-refractivity contribution in [1.82, 2.24) is 9.97 Å². The van der Waals surface area contributed by atoms with Crippen molar-refractivity contribution in [2.24, 2.45) is 0 Å². The molecule has 0 aliphatic rings. The van der Waals surface area contributed by atoms with Crippen molar-refractivity contribution in [3.05, 3.63) is 16.5 Å². The maximum atomic E-state index is 5.46. The second-order valence-corrected chi connectivity index (χ2v) is 5.26. The van der Waals surface area contributed by atoms with Crippen molar-refractivity contribution in [1.29, 1.82) is 0 Å². The summed E-state index contributed by atoms with van der Waals surface area (Å²) < 4.78 is 11.1. The second kappa shape index (κ2) is 5.59. The number of rotatable bonds is 4. The summed E-state index contributed by atoms with van der Waals surface area (Å²) in [5.74, 6) is 1.33. The maximum absolute atomic E-state index is 5.46. The summed E-state index contributed by atoms with van der Waals surface area (Å²) in [6.45, 7) is 7.23. The molecule has 0 bridgehead atoms. The van der Waals surface area contributed by atoms with Gasteiger partial charge in [-0.2, -0.15) is 4.98 Å². The van der Waals surface area contributed by atoms with E-state index in [4.69, 9.17) is 9.47 Å². The molecule has 0 fully saturated rings. The van der Waals surface area contributed by atoms with E-state index in [9.17, 15) is 0 Å². The van der Waals surface area contributed by atoms with Gasteiger partial charge < -0.3 is 9.47 Å². The van der Waals surface area contributed by atoms with Gasteiger partial charge in [-0.25, -0.2) is 4.98 Å². The molecule has 4 nitrogen and oxygen atoms in total. The first-order valence-electron chi connectivity index (χ1n) is 5.10. The Balaban J connectivity index is 2.82. The fourth-order valence-corrected chi connectivity index (χ4v) is 1.40. The highest BCUT2D eigenvalue weighted by atomic mass is 79.9. The van der Waals surface area contributed by atoms with Gasteiger partial charge in [0.15, 0.2) is 0 Å². The quantitative estimate of drug-likeness (QED) is 0.631. The highest BCUT2D eigenvalue weighted by Crippen LogP contribution is 2.23. The molecule has 0 aliphatic heterocycles. The van der Waals surface area contributed by atoms with Gasteiger partial charge in [-0.1, -0.05) is 20.8 Å². The van der Waals surface area contributed by atoms with Gasteiger partial charge >= 0.3 is 0 Å². The molecule has 0 saturated carbocycles. The minimum absolute atomic E-state index is 0.0941. The van der Waals surface area contributed by atoms with Gasteiger partial charge in [-0.05, 0) is 15.9 Å². The summed E-state index contributed by atoms with van der Waals surface area (Å²) in [4.78, 5) is 8.69. The molecule has 0 aliphatic carbocycles. The molecule has 16 heavy (non-hydrogen) atoms. The molecule has 0 amide bonds. The van der Waals surface area contributed by atoms with E-state index < -0.39 is 0 Å². The first kappa shape index (κ1) is 13.4. The molecule has 1 heterocycles. The van der Waals surface area contributed by atoms with Crippen LogP contribution in [0.2, 0.25) is 0 Å². The van der Waals surface area contributed by atoms with E-state index in [2.05, 4.69) is 46.7 Å². The normalized spacial score (nSPS) is 11.6. The molecular weight excluding hydrogens is 272 g/mol. The van der Waals surface area contributed by atoms with E-state index in [-0.39, 0.29) is 5.41 Å². The largest absolute Gasteiger partial charge is 0.475 e. The Morgan fingerprint density at radius 3 is 2.50 bits per heavy atom. The van der Waals surface area contributed by atoms with Gasteiger partial charge in [0.05, 0.1) is 6.61 Å². The number of hydrogen-bond donors (Lipinski definition) is 0. The van der Waals surface area contributed by atoms with Crippen molar-refractivity contribution in [2.45, 2.75) is 26.2 Å². The first-order valence-corrected chi connectivity index (χ1v) is 5.89. The summed E-state index contributed by atoms with van der Waals surface area (Å²) in [5.41, 5.74) is -0.0941. The van der Waals surface area contributed by atoms with Crippen LogP contribution in [-0.2, 0) is 10.2 Å². The summed E-state index contributed by atoms with van der Waals surface area (Å²) in [7, 11) is 1.64. The zero-order valence-corrected chi connectivity index (χ0v) is 11.7. The Morgan fingerprint density at radius 1 is 1.25 bits per heavy atom. The molecular formula is C11H17BrN2O2. The lowest BCUT2D eigenvalue weighted by molar-refractivity contribution is 0.143. The molecule has 0 atom stereocenters. The molecule has 0 unspecified atom stereocenters. The van der Waals surface area contributed by atoms with E-state index in [0.717, 1.165) is 10.4 Å². The average Bonchev–Trinajstić information content (AvgIpc) is 2.16. The molecule has 0 radical (unpaired) electrons. The fraction of sp³-hybridized carbons (Fsp3) is 0.636. The van der Waals surface area contributed by atoms with Crippen molar-refractivity contribution in [3.63, 3.8) is 0 Å². The minimum atomic E-state index is -0.0941. The zero-order valence-electron chi connectivity index (χ0n) is 10.1. The topological polar surface area (TPSA) is 44.2 Å². The molecule has 1 aromatic rings. The van der Waals surface area contributed by atoms with Crippen molar-refractivity contribution in [3.8, 4) is 5.88 Å². The zero-order chi connectivity index (χ0) is 12.2. The summed E-state index contributed by atoms with van der Waals surface area (Å²) >= 11 is 3.35. The third kappa shape index (κ3) is 4.06. The van der Waals surface area contributed by atoms with E-state index >= 15 is 0 Å². The Labute approximate surface area is 105 Å². The predicted molar refractivity (Wildman–Crippen MR) is 65.8 cm³/mol. The first-order chi connectivity index (χ1) is 7.43. The van der Waals surface area contributed by atoms with Crippen molar-refractivity contribution < 1.29 is 9.47 Å². The van der Waals surface area contributed by atoms with Crippen LogP contribution in [0, 0.1) is 0 Å². The lowest BCUT2D eigenvalue weighted by atomic mass is 9.96. The van der Waals surface area contributed by atoms with Crippen molar-refractivity contribution in [2.75, 3.05) is 20.3 Å². The summed E-state index contributed by atoms with van der Waals surface area (Å²) in [6.07, 6.45) is 0. The van der Waals surface area contributed by atoms with Crippen LogP contribution < -0.4 is 4.74 Å². The van der Waals surface area contributed by atoms with Crippen molar-refractivity contribution >= 4 is 15.9 Å². The Bertz CT molecular complexity index is 350. The number of methoxy groups -OCH3 is 1.